The highest BCUT2D eigenvalue weighted by Gasteiger charge is 2.18. The number of piperazine rings is 1. The number of hydrogen-bond acceptors (Lipinski definition) is 4. The number of nitrogens with zero attached hydrogens (tertiary/aromatic N) is 2. The van der Waals surface area contributed by atoms with Crippen LogP contribution in [0.15, 0.2) is 65.6 Å². The highest BCUT2D eigenvalue weighted by Crippen LogP contribution is 2.27. The molecular weight excluding hydrogens is 406 g/mol. The van der Waals surface area contributed by atoms with Gasteiger partial charge in [-0.1, -0.05) is 30.3 Å². The van der Waals surface area contributed by atoms with E-state index in [9.17, 15) is 8.42 Å². The van der Waals surface area contributed by atoms with Gasteiger partial charge in [0.15, 0.2) is 0 Å². The Bertz CT molecular complexity index is 1110. The highest BCUT2D eigenvalue weighted by atomic mass is 35.5. The summed E-state index contributed by atoms with van der Waals surface area (Å²) in [5, 5.41) is 1.93. The van der Waals surface area contributed by atoms with Crippen LogP contribution in [0.1, 0.15) is 5.56 Å². The third-order valence-corrected chi connectivity index (χ3v) is 6.72. The first-order valence-corrected chi connectivity index (χ1v) is 11.0. The van der Waals surface area contributed by atoms with Gasteiger partial charge in [-0.05, 0) is 60.6 Å². The largest absolute Gasteiger partial charge is 0.369 e. The van der Waals surface area contributed by atoms with E-state index in [1.54, 1.807) is 12.1 Å². The summed E-state index contributed by atoms with van der Waals surface area (Å²) in [5.41, 5.74) is 2.67. The maximum absolute atomic E-state index is 12.9. The third-order valence-electron chi connectivity index (χ3n) is 5.35. The maximum atomic E-state index is 12.9. The van der Waals surface area contributed by atoms with Crippen LogP contribution in [-0.2, 0) is 10.0 Å². The summed E-state index contributed by atoms with van der Waals surface area (Å²) in [6.07, 6.45) is 0. The van der Waals surface area contributed by atoms with Crippen molar-refractivity contribution < 1.29 is 8.42 Å². The lowest BCUT2D eigenvalue weighted by Gasteiger charge is -2.34. The van der Waals surface area contributed by atoms with Gasteiger partial charge >= 0.3 is 0 Å². The second-order valence-electron chi connectivity index (χ2n) is 7.40. The van der Waals surface area contributed by atoms with Gasteiger partial charge in [-0.3, -0.25) is 4.72 Å². The monoisotopic (exact) mass is 431 g/mol. The zero-order valence-corrected chi connectivity index (χ0v) is 18.3. The number of anilines is 2. The van der Waals surface area contributed by atoms with E-state index in [2.05, 4.69) is 27.6 Å². The number of likely N-dealkylation sites (N-methyl/N-ethyl adjacent to an activating group) is 1. The van der Waals surface area contributed by atoms with Gasteiger partial charge in [-0.2, -0.15) is 0 Å². The van der Waals surface area contributed by atoms with Crippen LogP contribution in [0.3, 0.4) is 0 Å². The first kappa shape index (κ1) is 21.4. The fraction of sp³-hybridized carbons (Fsp3) is 0.273. The molecule has 3 aromatic carbocycles. The Balaban J connectivity index is 0.00000240. The van der Waals surface area contributed by atoms with Gasteiger partial charge in [-0.25, -0.2) is 8.42 Å². The van der Waals surface area contributed by atoms with Crippen molar-refractivity contribution in [3.8, 4) is 0 Å². The second-order valence-corrected chi connectivity index (χ2v) is 9.09. The van der Waals surface area contributed by atoms with Crippen molar-refractivity contribution in [2.24, 2.45) is 0 Å². The number of fused-ring (bicyclic) bond motifs is 1. The molecule has 0 atom stereocenters. The number of halogens is 1. The van der Waals surface area contributed by atoms with Crippen LogP contribution in [0.25, 0.3) is 10.8 Å². The summed E-state index contributed by atoms with van der Waals surface area (Å²) in [6, 6.07) is 18.9. The molecule has 29 heavy (non-hydrogen) atoms. The molecule has 0 bridgehead atoms. The molecule has 0 unspecified atom stereocenters. The summed E-state index contributed by atoms with van der Waals surface area (Å²) in [6.45, 7) is 5.98. The molecule has 5 nitrogen and oxygen atoms in total. The van der Waals surface area contributed by atoms with Crippen LogP contribution < -0.4 is 9.62 Å². The average molecular weight is 432 g/mol. The first-order valence-electron chi connectivity index (χ1n) is 9.48. The molecule has 0 aromatic heterocycles. The molecule has 154 valence electrons. The lowest BCUT2D eigenvalue weighted by molar-refractivity contribution is 0.313. The lowest BCUT2D eigenvalue weighted by Crippen LogP contribution is -2.44. The molecule has 1 aliphatic heterocycles. The van der Waals surface area contributed by atoms with Crippen LogP contribution in [-0.4, -0.2) is 46.5 Å². The van der Waals surface area contributed by atoms with Gasteiger partial charge in [0.1, 0.15) is 0 Å². The van der Waals surface area contributed by atoms with Crippen molar-refractivity contribution in [3.63, 3.8) is 0 Å². The predicted octanol–water partition coefficient (Wildman–Crippen LogP) is 4.12. The van der Waals surface area contributed by atoms with Crippen LogP contribution in [0.4, 0.5) is 11.4 Å². The highest BCUT2D eigenvalue weighted by molar-refractivity contribution is 7.92. The summed E-state index contributed by atoms with van der Waals surface area (Å²) >= 11 is 0. The fourth-order valence-corrected chi connectivity index (χ4v) is 4.73. The smallest absolute Gasteiger partial charge is 0.261 e. The van der Waals surface area contributed by atoms with E-state index in [1.165, 1.54) is 0 Å². The van der Waals surface area contributed by atoms with Crippen molar-refractivity contribution in [3.05, 3.63) is 66.2 Å². The van der Waals surface area contributed by atoms with E-state index < -0.39 is 10.0 Å². The summed E-state index contributed by atoms with van der Waals surface area (Å²) in [4.78, 5) is 4.93. The quantitative estimate of drug-likeness (QED) is 0.675. The van der Waals surface area contributed by atoms with Gasteiger partial charge < -0.3 is 9.80 Å². The Kier molecular flexibility index (Phi) is 6.36. The van der Waals surface area contributed by atoms with Crippen LogP contribution in [0.2, 0.25) is 0 Å². The first-order chi connectivity index (χ1) is 13.4. The van der Waals surface area contributed by atoms with E-state index in [1.807, 2.05) is 49.4 Å². The third kappa shape index (κ3) is 4.66. The SMILES string of the molecule is Cc1cc(N2CCN(C)CC2)ccc1NS(=O)(=O)c1ccc2ccccc2c1.Cl. The van der Waals surface area contributed by atoms with E-state index >= 15 is 0 Å². The fourth-order valence-electron chi connectivity index (χ4n) is 3.56. The van der Waals surface area contributed by atoms with Crippen molar-refractivity contribution >= 4 is 44.6 Å². The molecule has 1 aliphatic rings. The standard InChI is InChI=1S/C22H25N3O2S.ClH/c1-17-15-20(25-13-11-24(2)12-14-25)8-10-22(17)23-28(26,27)21-9-7-18-5-3-4-6-19(18)16-21;/h3-10,15-16,23H,11-14H2,1-2H3;1H. The minimum atomic E-state index is -3.64. The van der Waals surface area contributed by atoms with Crippen LogP contribution >= 0.6 is 12.4 Å². The second kappa shape index (κ2) is 8.61. The van der Waals surface area contributed by atoms with Crippen LogP contribution in [0, 0.1) is 6.92 Å². The number of sulfonamides is 1. The van der Waals surface area contributed by atoms with Crippen molar-refractivity contribution in [1.29, 1.82) is 0 Å². The number of benzene rings is 3. The van der Waals surface area contributed by atoms with Crippen LogP contribution in [0.5, 0.6) is 0 Å². The molecule has 1 saturated heterocycles. The molecule has 0 spiro atoms. The molecule has 3 aromatic rings. The van der Waals surface area contributed by atoms with Gasteiger partial charge in [0, 0.05) is 31.9 Å². The van der Waals surface area contributed by atoms with E-state index in [4.69, 9.17) is 0 Å². The molecule has 0 radical (unpaired) electrons. The van der Waals surface area contributed by atoms with Crippen molar-refractivity contribution in [2.75, 3.05) is 42.8 Å². The van der Waals surface area contributed by atoms with Gasteiger partial charge in [-0.15, -0.1) is 12.4 Å². The normalized spacial score (nSPS) is 15.2. The van der Waals surface area contributed by atoms with Crippen molar-refractivity contribution in [1.82, 2.24) is 4.90 Å². The molecule has 0 aliphatic carbocycles. The molecular formula is C22H26ClN3O2S. The van der Waals surface area contributed by atoms with E-state index in [0.717, 1.165) is 48.2 Å². The zero-order chi connectivity index (χ0) is 19.7. The topological polar surface area (TPSA) is 52.6 Å². The van der Waals surface area contributed by atoms with Crippen molar-refractivity contribution in [2.45, 2.75) is 11.8 Å². The number of hydrogen-bond donors (Lipinski definition) is 1. The predicted molar refractivity (Wildman–Crippen MR) is 123 cm³/mol. The molecule has 1 fully saturated rings. The Morgan fingerprint density at radius 1 is 0.862 bits per heavy atom. The Hall–Kier alpha value is -2.28. The zero-order valence-electron chi connectivity index (χ0n) is 16.6. The Labute approximate surface area is 178 Å². The minimum Gasteiger partial charge on any atom is -0.369 e. The Morgan fingerprint density at radius 2 is 1.55 bits per heavy atom. The molecule has 1 N–H and O–H groups in total. The maximum Gasteiger partial charge on any atom is 0.261 e. The summed E-state index contributed by atoms with van der Waals surface area (Å²) in [5.74, 6) is 0. The summed E-state index contributed by atoms with van der Waals surface area (Å²) in [7, 11) is -1.51. The van der Waals surface area contributed by atoms with Gasteiger partial charge in [0.2, 0.25) is 0 Å². The molecule has 1 heterocycles. The number of nitrogens with one attached hydrogen (secondary N) is 1. The molecule has 0 saturated carbocycles. The molecule has 7 heteroatoms. The Morgan fingerprint density at radius 3 is 2.24 bits per heavy atom. The minimum absolute atomic E-state index is 0. The van der Waals surface area contributed by atoms with Gasteiger partial charge in [0.05, 0.1) is 10.6 Å². The number of aryl methyl sites for hydroxylation is 1. The van der Waals surface area contributed by atoms with E-state index in [-0.39, 0.29) is 17.3 Å². The summed E-state index contributed by atoms with van der Waals surface area (Å²) < 4.78 is 28.5. The lowest BCUT2D eigenvalue weighted by atomic mass is 10.1. The molecule has 4 rings (SSSR count). The average Bonchev–Trinajstić information content (AvgIpc) is 2.69. The van der Waals surface area contributed by atoms with E-state index in [0.29, 0.717) is 5.69 Å². The molecule has 0 amide bonds. The number of rotatable bonds is 4. The van der Waals surface area contributed by atoms with Gasteiger partial charge in [0.25, 0.3) is 10.0 Å².